The van der Waals surface area contributed by atoms with Crippen molar-refractivity contribution >= 4 is 12.0 Å². The van der Waals surface area contributed by atoms with Crippen molar-refractivity contribution < 1.29 is 14.7 Å². The maximum atomic E-state index is 11.9. The molecule has 0 aromatic carbocycles. The molecule has 0 unspecified atom stereocenters. The monoisotopic (exact) mass is 298 g/mol. The normalized spacial score (nSPS) is 24.9. The highest BCUT2D eigenvalue weighted by molar-refractivity contribution is 5.82. The molecule has 1 fully saturated rings. The largest absolute Gasteiger partial charge is 0.480 e. The van der Waals surface area contributed by atoms with E-state index in [4.69, 9.17) is 5.11 Å². The topological polar surface area (TPSA) is 78.4 Å². The van der Waals surface area contributed by atoms with E-state index in [9.17, 15) is 9.59 Å². The number of rotatable bonds is 7. The van der Waals surface area contributed by atoms with Crippen LogP contribution in [0.15, 0.2) is 0 Å². The molecule has 0 aromatic heterocycles. The Morgan fingerprint density at radius 2 is 1.71 bits per heavy atom. The van der Waals surface area contributed by atoms with Gasteiger partial charge in [-0.3, -0.25) is 0 Å². The lowest BCUT2D eigenvalue weighted by atomic mass is 9.81. The molecule has 3 N–H and O–H groups in total. The summed E-state index contributed by atoms with van der Waals surface area (Å²) in [6, 6.07) is -1.17. The van der Waals surface area contributed by atoms with E-state index in [1.807, 2.05) is 13.8 Å². The summed E-state index contributed by atoms with van der Waals surface area (Å²) in [6.45, 7) is 6.64. The average Bonchev–Trinajstić information content (AvgIpc) is 2.50. The summed E-state index contributed by atoms with van der Waals surface area (Å²) in [5.41, 5.74) is 0. The maximum Gasteiger partial charge on any atom is 0.326 e. The summed E-state index contributed by atoms with van der Waals surface area (Å²) >= 11 is 0. The molecule has 2 amide bonds. The molecule has 5 heteroatoms. The number of amides is 2. The summed E-state index contributed by atoms with van der Waals surface area (Å²) < 4.78 is 0. The van der Waals surface area contributed by atoms with Gasteiger partial charge in [-0.05, 0) is 30.6 Å². The maximum absolute atomic E-state index is 11.9. The van der Waals surface area contributed by atoms with E-state index in [0.29, 0.717) is 12.5 Å². The smallest absolute Gasteiger partial charge is 0.326 e. The standard InChI is InChI=1S/C16H30N2O3/c1-4-11(3)14(15(19)20)18-16(21)17-10-13-8-6-12(5-2)7-9-13/h11-14H,4-10H2,1-3H3,(H,19,20)(H2,17,18,21)/t11-,12?,13?,14-/m0/s1. The quantitative estimate of drug-likeness (QED) is 0.676. The van der Waals surface area contributed by atoms with Gasteiger partial charge in [0.15, 0.2) is 0 Å². The number of hydrogen-bond donors (Lipinski definition) is 3. The minimum atomic E-state index is -0.969. The van der Waals surface area contributed by atoms with Crippen LogP contribution in [0, 0.1) is 17.8 Å². The molecule has 0 aliphatic heterocycles. The van der Waals surface area contributed by atoms with E-state index in [2.05, 4.69) is 17.6 Å². The van der Waals surface area contributed by atoms with Crippen LogP contribution >= 0.6 is 0 Å². The van der Waals surface area contributed by atoms with Crippen molar-refractivity contribution in [2.75, 3.05) is 6.54 Å². The highest BCUT2D eigenvalue weighted by Crippen LogP contribution is 2.30. The van der Waals surface area contributed by atoms with Crippen LogP contribution in [0.4, 0.5) is 4.79 Å². The van der Waals surface area contributed by atoms with Crippen molar-refractivity contribution in [3.63, 3.8) is 0 Å². The van der Waals surface area contributed by atoms with E-state index in [1.165, 1.54) is 19.3 Å². The molecule has 21 heavy (non-hydrogen) atoms. The van der Waals surface area contributed by atoms with Crippen LogP contribution in [-0.4, -0.2) is 29.7 Å². The molecule has 0 spiro atoms. The number of carboxylic acid groups (broad SMARTS) is 1. The van der Waals surface area contributed by atoms with Gasteiger partial charge in [-0.15, -0.1) is 0 Å². The zero-order chi connectivity index (χ0) is 15.8. The fraction of sp³-hybridized carbons (Fsp3) is 0.875. The van der Waals surface area contributed by atoms with Gasteiger partial charge in [0.2, 0.25) is 0 Å². The van der Waals surface area contributed by atoms with Gasteiger partial charge in [-0.25, -0.2) is 9.59 Å². The fourth-order valence-electron chi connectivity index (χ4n) is 2.96. The first-order chi connectivity index (χ1) is 9.97. The molecule has 0 bridgehead atoms. The molecule has 1 saturated carbocycles. The zero-order valence-electron chi connectivity index (χ0n) is 13.5. The molecular weight excluding hydrogens is 268 g/mol. The van der Waals surface area contributed by atoms with Crippen molar-refractivity contribution in [1.82, 2.24) is 10.6 Å². The van der Waals surface area contributed by atoms with Gasteiger partial charge in [0, 0.05) is 6.54 Å². The number of urea groups is 1. The molecule has 0 aromatic rings. The van der Waals surface area contributed by atoms with Gasteiger partial charge in [0.1, 0.15) is 6.04 Å². The Morgan fingerprint density at radius 1 is 1.14 bits per heavy atom. The highest BCUT2D eigenvalue weighted by atomic mass is 16.4. The first-order valence-electron chi connectivity index (χ1n) is 8.25. The molecule has 1 aliphatic rings. The molecule has 1 aliphatic carbocycles. The summed E-state index contributed by atoms with van der Waals surface area (Å²) in [5.74, 6) is 0.332. The average molecular weight is 298 g/mol. The summed E-state index contributed by atoms with van der Waals surface area (Å²) in [7, 11) is 0. The van der Waals surface area contributed by atoms with Crippen LogP contribution in [0.5, 0.6) is 0 Å². The third-order valence-electron chi connectivity index (χ3n) is 4.86. The Bertz CT molecular complexity index is 338. The zero-order valence-corrected chi connectivity index (χ0v) is 13.5. The van der Waals surface area contributed by atoms with Crippen molar-refractivity contribution in [1.29, 1.82) is 0 Å². The minimum Gasteiger partial charge on any atom is -0.480 e. The molecule has 5 nitrogen and oxygen atoms in total. The first kappa shape index (κ1) is 17.8. The molecule has 1 rings (SSSR count). The SMILES string of the molecule is CCC1CCC(CNC(=O)N[C@H](C(=O)O)[C@@H](C)CC)CC1. The second kappa shape index (κ2) is 8.90. The lowest BCUT2D eigenvalue weighted by Crippen LogP contribution is -2.50. The number of aliphatic carboxylic acids is 1. The second-order valence-electron chi connectivity index (χ2n) is 6.35. The van der Waals surface area contributed by atoms with E-state index >= 15 is 0 Å². The van der Waals surface area contributed by atoms with E-state index in [-0.39, 0.29) is 11.9 Å². The van der Waals surface area contributed by atoms with E-state index in [0.717, 1.165) is 25.2 Å². The lowest BCUT2D eigenvalue weighted by molar-refractivity contribution is -0.140. The summed E-state index contributed by atoms with van der Waals surface area (Å²) in [5, 5.41) is 14.6. The summed E-state index contributed by atoms with van der Waals surface area (Å²) in [6.07, 6.45) is 6.78. The van der Waals surface area contributed by atoms with Gasteiger partial charge in [0.25, 0.3) is 0 Å². The van der Waals surface area contributed by atoms with Crippen LogP contribution in [0.2, 0.25) is 0 Å². The Balaban J connectivity index is 2.31. The number of carbonyl (C=O) groups is 2. The Labute approximate surface area is 127 Å². The van der Waals surface area contributed by atoms with Crippen LogP contribution in [0.1, 0.15) is 59.3 Å². The predicted octanol–water partition coefficient (Wildman–Crippen LogP) is 3.00. The molecule has 0 heterocycles. The number of hydrogen-bond acceptors (Lipinski definition) is 2. The predicted molar refractivity (Wildman–Crippen MR) is 83.2 cm³/mol. The minimum absolute atomic E-state index is 0.0757. The Hall–Kier alpha value is -1.26. The second-order valence-corrected chi connectivity index (χ2v) is 6.35. The van der Waals surface area contributed by atoms with Crippen molar-refractivity contribution in [3.8, 4) is 0 Å². The Kier molecular flexibility index (Phi) is 7.54. The molecule has 2 atom stereocenters. The lowest BCUT2D eigenvalue weighted by Gasteiger charge is -2.28. The first-order valence-corrected chi connectivity index (χ1v) is 8.25. The molecular formula is C16H30N2O3. The van der Waals surface area contributed by atoms with E-state index < -0.39 is 12.0 Å². The molecule has 0 radical (unpaired) electrons. The Morgan fingerprint density at radius 3 is 2.19 bits per heavy atom. The van der Waals surface area contributed by atoms with Crippen LogP contribution in [0.3, 0.4) is 0 Å². The van der Waals surface area contributed by atoms with Gasteiger partial charge in [-0.2, -0.15) is 0 Å². The number of carboxylic acids is 1. The van der Waals surface area contributed by atoms with Crippen molar-refractivity contribution in [2.45, 2.75) is 65.3 Å². The number of nitrogens with one attached hydrogen (secondary N) is 2. The fourth-order valence-corrected chi connectivity index (χ4v) is 2.96. The van der Waals surface area contributed by atoms with Gasteiger partial charge < -0.3 is 15.7 Å². The van der Waals surface area contributed by atoms with Crippen LogP contribution in [-0.2, 0) is 4.79 Å². The van der Waals surface area contributed by atoms with Crippen molar-refractivity contribution in [3.05, 3.63) is 0 Å². The van der Waals surface area contributed by atoms with Gasteiger partial charge in [-0.1, -0.05) is 46.5 Å². The van der Waals surface area contributed by atoms with Gasteiger partial charge >= 0.3 is 12.0 Å². The molecule has 0 saturated heterocycles. The molecule has 122 valence electrons. The summed E-state index contributed by atoms with van der Waals surface area (Å²) in [4.78, 5) is 23.0. The van der Waals surface area contributed by atoms with Gasteiger partial charge in [0.05, 0.1) is 0 Å². The third-order valence-corrected chi connectivity index (χ3v) is 4.86. The third kappa shape index (κ3) is 5.94. The van der Waals surface area contributed by atoms with E-state index in [1.54, 1.807) is 0 Å². The highest BCUT2D eigenvalue weighted by Gasteiger charge is 2.26. The van der Waals surface area contributed by atoms with Crippen molar-refractivity contribution in [2.24, 2.45) is 17.8 Å². The number of carbonyl (C=O) groups excluding carboxylic acids is 1. The van der Waals surface area contributed by atoms with Crippen LogP contribution < -0.4 is 10.6 Å². The van der Waals surface area contributed by atoms with Crippen LogP contribution in [0.25, 0.3) is 0 Å².